The smallest absolute Gasteiger partial charge is 0.280 e. The fraction of sp³-hybridized carbons (Fsp3) is 0.342. The molecule has 246 valence electrons. The number of carbonyl (C=O) groups is 1. The molecule has 0 radical (unpaired) electrons. The molecule has 0 spiro atoms. The van der Waals surface area contributed by atoms with E-state index in [0.29, 0.717) is 28.3 Å². The van der Waals surface area contributed by atoms with E-state index < -0.39 is 17.2 Å². The minimum atomic E-state index is -0.923. The maximum atomic E-state index is 14.5. The lowest BCUT2D eigenvalue weighted by atomic mass is 10.0. The van der Waals surface area contributed by atoms with Gasteiger partial charge in [-0.25, -0.2) is 8.78 Å². The highest BCUT2D eigenvalue weighted by Gasteiger charge is 2.29. The molecule has 0 atom stereocenters. The van der Waals surface area contributed by atoms with E-state index in [1.807, 2.05) is 37.0 Å². The molecule has 9 heteroatoms. The molecular formula is C38H41ClF2N4O2. The van der Waals surface area contributed by atoms with Gasteiger partial charge in [0.1, 0.15) is 12.4 Å². The topological polar surface area (TPSA) is 58.4 Å². The molecule has 47 heavy (non-hydrogen) atoms. The Bertz CT molecular complexity index is 1840. The van der Waals surface area contributed by atoms with Gasteiger partial charge in [-0.05, 0) is 86.2 Å². The van der Waals surface area contributed by atoms with Gasteiger partial charge in [-0.2, -0.15) is 4.98 Å². The Balaban J connectivity index is 1.46. The highest BCUT2D eigenvalue weighted by Crippen LogP contribution is 2.23. The van der Waals surface area contributed by atoms with E-state index in [1.54, 1.807) is 22.8 Å². The average Bonchev–Trinajstić information content (AvgIpc) is 3.08. The van der Waals surface area contributed by atoms with E-state index in [9.17, 15) is 18.4 Å². The molecule has 0 unspecified atom stereocenters. The number of piperidine rings is 1. The Morgan fingerprint density at radius 1 is 0.979 bits per heavy atom. The van der Waals surface area contributed by atoms with Crippen LogP contribution in [0, 0.1) is 11.6 Å². The van der Waals surface area contributed by atoms with E-state index in [0.717, 1.165) is 55.2 Å². The number of para-hydroxylation sites is 1. The van der Waals surface area contributed by atoms with Gasteiger partial charge in [-0.3, -0.25) is 9.59 Å². The summed E-state index contributed by atoms with van der Waals surface area (Å²) in [5.41, 5.74) is 3.54. The van der Waals surface area contributed by atoms with Crippen molar-refractivity contribution >= 4 is 34.0 Å². The van der Waals surface area contributed by atoms with Crippen LogP contribution in [0.1, 0.15) is 56.1 Å². The number of aromatic nitrogens is 2. The van der Waals surface area contributed by atoms with Crippen LogP contribution in [0.15, 0.2) is 88.7 Å². The number of amides is 1. The summed E-state index contributed by atoms with van der Waals surface area (Å²) >= 11 is 6.00. The van der Waals surface area contributed by atoms with Crippen LogP contribution in [-0.2, 0) is 30.7 Å². The van der Waals surface area contributed by atoms with Gasteiger partial charge in [-0.1, -0.05) is 73.1 Å². The second-order valence-corrected chi connectivity index (χ2v) is 12.7. The molecule has 4 aromatic rings. The number of hydrogen-bond acceptors (Lipinski definition) is 4. The largest absolute Gasteiger partial charge is 0.334 e. The Morgan fingerprint density at radius 3 is 2.40 bits per heavy atom. The van der Waals surface area contributed by atoms with Crippen molar-refractivity contribution in [3.05, 3.63) is 128 Å². The number of hydrogen-bond donors (Lipinski definition) is 0. The molecule has 1 aliphatic rings. The SMILES string of the molecule is CCN1CCC(N(Cc2ccc(/C(C)=C/C=C(\C)Cl)cc2)C(=O)Cn2c(CCc3cccc(F)c3F)nc(=O)c3ccccc32)CC1. The molecule has 0 saturated carbocycles. The van der Waals surface area contributed by atoms with Crippen LogP contribution in [0.25, 0.3) is 16.5 Å². The Hall–Kier alpha value is -4.14. The minimum Gasteiger partial charge on any atom is -0.334 e. The molecular weight excluding hydrogens is 618 g/mol. The first-order valence-corrected chi connectivity index (χ1v) is 16.6. The van der Waals surface area contributed by atoms with Crippen molar-refractivity contribution in [3.63, 3.8) is 0 Å². The molecule has 1 aliphatic heterocycles. The third-order valence-electron chi connectivity index (χ3n) is 9.00. The second kappa shape index (κ2) is 15.6. The van der Waals surface area contributed by atoms with Crippen molar-refractivity contribution in [1.82, 2.24) is 19.4 Å². The van der Waals surface area contributed by atoms with E-state index in [-0.39, 0.29) is 36.9 Å². The molecule has 1 aromatic heterocycles. The van der Waals surface area contributed by atoms with Crippen molar-refractivity contribution in [3.8, 4) is 0 Å². The van der Waals surface area contributed by atoms with Gasteiger partial charge in [0.25, 0.3) is 5.56 Å². The van der Waals surface area contributed by atoms with Crippen LogP contribution in [0.4, 0.5) is 8.78 Å². The standard InChI is InChI=1S/C38H41ClF2N4O2/c1-4-43-22-20-31(21-23-43)44(24-28-14-16-29(17-15-28)26(2)12-13-27(3)39)36(46)25-45-34-11-6-5-9-32(34)38(47)42-35(45)19-18-30-8-7-10-33(40)37(30)41/h5-17,31H,4,18-25H2,1-3H3/b26-12+,27-13+. The number of nitrogens with zero attached hydrogens (tertiary/aromatic N) is 4. The Kier molecular flexibility index (Phi) is 11.4. The molecule has 3 aromatic carbocycles. The van der Waals surface area contributed by atoms with Gasteiger partial charge in [-0.15, -0.1) is 0 Å². The van der Waals surface area contributed by atoms with E-state index in [4.69, 9.17) is 11.6 Å². The predicted octanol–water partition coefficient (Wildman–Crippen LogP) is 7.52. The number of fused-ring (bicyclic) bond motifs is 1. The second-order valence-electron chi connectivity index (χ2n) is 12.1. The Labute approximate surface area is 280 Å². The van der Waals surface area contributed by atoms with Gasteiger partial charge >= 0.3 is 0 Å². The monoisotopic (exact) mass is 658 g/mol. The molecule has 1 amide bonds. The van der Waals surface area contributed by atoms with Crippen LogP contribution in [0.2, 0.25) is 0 Å². The third-order valence-corrected chi connectivity index (χ3v) is 9.13. The van der Waals surface area contributed by atoms with Crippen LogP contribution in [-0.4, -0.2) is 50.9 Å². The summed E-state index contributed by atoms with van der Waals surface area (Å²) in [5, 5.41) is 1.11. The highest BCUT2D eigenvalue weighted by atomic mass is 35.5. The van der Waals surface area contributed by atoms with Crippen molar-refractivity contribution in [2.45, 2.75) is 65.6 Å². The first kappa shape index (κ1) is 34.2. The van der Waals surface area contributed by atoms with Gasteiger partial charge in [0.05, 0.1) is 10.9 Å². The summed E-state index contributed by atoms with van der Waals surface area (Å²) in [6.07, 6.45) is 5.86. The highest BCUT2D eigenvalue weighted by molar-refractivity contribution is 6.29. The number of benzene rings is 3. The number of rotatable bonds is 11. The zero-order valence-corrected chi connectivity index (χ0v) is 27.9. The summed E-state index contributed by atoms with van der Waals surface area (Å²) < 4.78 is 30.2. The van der Waals surface area contributed by atoms with Gasteiger partial charge < -0.3 is 14.4 Å². The summed E-state index contributed by atoms with van der Waals surface area (Å²) in [7, 11) is 0. The normalized spacial score (nSPS) is 14.9. The van der Waals surface area contributed by atoms with Crippen molar-refractivity contribution in [1.29, 1.82) is 0 Å². The van der Waals surface area contributed by atoms with Crippen molar-refractivity contribution in [2.24, 2.45) is 0 Å². The quantitative estimate of drug-likeness (QED) is 0.157. The molecule has 0 aliphatic carbocycles. The maximum absolute atomic E-state index is 14.5. The number of aryl methyl sites for hydroxylation is 2. The summed E-state index contributed by atoms with van der Waals surface area (Å²) in [6, 6.07) is 19.4. The molecule has 1 saturated heterocycles. The van der Waals surface area contributed by atoms with Crippen LogP contribution in [0.3, 0.4) is 0 Å². The summed E-state index contributed by atoms with van der Waals surface area (Å²) in [5.74, 6) is -1.56. The molecule has 1 fully saturated rings. The van der Waals surface area contributed by atoms with Crippen molar-refractivity contribution < 1.29 is 13.6 Å². The lowest BCUT2D eigenvalue weighted by molar-refractivity contribution is -0.136. The van der Waals surface area contributed by atoms with Crippen molar-refractivity contribution in [2.75, 3.05) is 19.6 Å². The zero-order valence-electron chi connectivity index (χ0n) is 27.2. The lowest BCUT2D eigenvalue weighted by Gasteiger charge is -2.38. The van der Waals surface area contributed by atoms with Gasteiger partial charge in [0.15, 0.2) is 11.6 Å². The van der Waals surface area contributed by atoms with Crippen LogP contribution >= 0.6 is 11.6 Å². The Morgan fingerprint density at radius 2 is 1.70 bits per heavy atom. The maximum Gasteiger partial charge on any atom is 0.280 e. The fourth-order valence-electron chi connectivity index (χ4n) is 6.22. The van der Waals surface area contributed by atoms with Gasteiger partial charge in [0.2, 0.25) is 5.91 Å². The summed E-state index contributed by atoms with van der Waals surface area (Å²) in [6.45, 7) is 9.22. The first-order valence-electron chi connectivity index (χ1n) is 16.2. The zero-order chi connectivity index (χ0) is 33.5. The predicted molar refractivity (Wildman–Crippen MR) is 185 cm³/mol. The lowest BCUT2D eigenvalue weighted by Crippen LogP contribution is -2.48. The number of carbonyl (C=O) groups excluding carboxylic acids is 1. The van der Waals surface area contributed by atoms with E-state index >= 15 is 0 Å². The minimum absolute atomic E-state index is 0.0349. The molecule has 0 N–H and O–H groups in total. The third kappa shape index (κ3) is 8.42. The first-order chi connectivity index (χ1) is 22.6. The van der Waals surface area contributed by atoms with Crippen LogP contribution in [0.5, 0.6) is 0 Å². The number of halogens is 3. The number of allylic oxidation sites excluding steroid dienone is 4. The van der Waals surface area contributed by atoms with E-state index in [2.05, 4.69) is 41.1 Å². The van der Waals surface area contributed by atoms with Gasteiger partial charge in [0, 0.05) is 37.1 Å². The molecule has 5 rings (SSSR count). The molecule has 2 heterocycles. The molecule has 6 nitrogen and oxygen atoms in total. The van der Waals surface area contributed by atoms with E-state index in [1.165, 1.54) is 12.1 Å². The summed E-state index contributed by atoms with van der Waals surface area (Å²) in [4.78, 5) is 36.1. The fourth-order valence-corrected chi connectivity index (χ4v) is 6.29. The number of likely N-dealkylation sites (tertiary alicyclic amines) is 1. The average molecular weight is 659 g/mol. The molecule has 0 bridgehead atoms. The van der Waals surface area contributed by atoms with Crippen LogP contribution < -0.4 is 5.56 Å².